The fourth-order valence-corrected chi connectivity index (χ4v) is 1.64. The van der Waals surface area contributed by atoms with E-state index in [9.17, 15) is 14.0 Å². The van der Waals surface area contributed by atoms with E-state index >= 15 is 0 Å². The van der Waals surface area contributed by atoms with Gasteiger partial charge in [-0.25, -0.2) is 9.18 Å². The quantitative estimate of drug-likeness (QED) is 0.830. The van der Waals surface area contributed by atoms with Crippen LogP contribution in [-0.2, 0) is 15.0 Å². The van der Waals surface area contributed by atoms with Crippen LogP contribution >= 0.6 is 0 Å². The van der Waals surface area contributed by atoms with Crippen molar-refractivity contribution in [3.63, 3.8) is 0 Å². The van der Waals surface area contributed by atoms with Crippen molar-refractivity contribution in [1.82, 2.24) is 5.32 Å². The summed E-state index contributed by atoms with van der Waals surface area (Å²) < 4.78 is 17.6. The van der Waals surface area contributed by atoms with Gasteiger partial charge in [0, 0.05) is 0 Å². The van der Waals surface area contributed by atoms with Crippen LogP contribution in [0.2, 0.25) is 0 Å². The monoisotopic (exact) mass is 283 g/mol. The number of hydrogen-bond acceptors (Lipinski definition) is 3. The maximum Gasteiger partial charge on any atom is 0.328 e. The Morgan fingerprint density at radius 3 is 2.30 bits per heavy atom. The van der Waals surface area contributed by atoms with Gasteiger partial charge >= 0.3 is 5.97 Å². The molecule has 1 rings (SSSR count). The van der Waals surface area contributed by atoms with Gasteiger partial charge in [-0.3, -0.25) is 4.79 Å². The van der Waals surface area contributed by atoms with Crippen molar-refractivity contribution in [3.8, 4) is 5.75 Å². The van der Waals surface area contributed by atoms with Crippen LogP contribution in [0.5, 0.6) is 5.75 Å². The number of carboxylic acids is 1. The normalized spacial score (nSPS) is 12.6. The molecule has 1 atom stereocenters. The molecule has 0 aliphatic carbocycles. The van der Waals surface area contributed by atoms with E-state index in [1.54, 1.807) is 38.1 Å². The number of ether oxygens (including phenoxy) is 1. The molecule has 1 aromatic carbocycles. The van der Waals surface area contributed by atoms with Gasteiger partial charge in [-0.05, 0) is 31.5 Å². The van der Waals surface area contributed by atoms with Crippen molar-refractivity contribution < 1.29 is 23.8 Å². The third-order valence-electron chi connectivity index (χ3n) is 3.14. The molecule has 0 aliphatic heterocycles. The summed E-state index contributed by atoms with van der Waals surface area (Å²) in [7, 11) is 1.53. The Morgan fingerprint density at radius 2 is 1.90 bits per heavy atom. The fourth-order valence-electron chi connectivity index (χ4n) is 1.64. The van der Waals surface area contributed by atoms with Crippen LogP contribution in [0, 0.1) is 0 Å². The lowest BCUT2D eigenvalue weighted by atomic mass is 9.83. The highest BCUT2D eigenvalue weighted by Gasteiger charge is 2.33. The summed E-state index contributed by atoms with van der Waals surface area (Å²) in [4.78, 5) is 22.9. The van der Waals surface area contributed by atoms with Crippen molar-refractivity contribution in [2.24, 2.45) is 0 Å². The predicted octanol–water partition coefficient (Wildman–Crippen LogP) is 1.51. The minimum absolute atomic E-state index is 0.548. The van der Waals surface area contributed by atoms with Gasteiger partial charge in [0.2, 0.25) is 5.91 Å². The highest BCUT2D eigenvalue weighted by Crippen LogP contribution is 2.25. The molecule has 0 bridgehead atoms. The summed E-state index contributed by atoms with van der Waals surface area (Å²) in [6, 6.07) is 5.30. The number of halogens is 1. The molecule has 0 saturated heterocycles. The number of carbonyl (C=O) groups excluding carboxylic acids is 1. The highest BCUT2D eigenvalue weighted by molar-refractivity contribution is 5.90. The number of carbonyl (C=O) groups is 2. The molecule has 0 spiro atoms. The Hall–Kier alpha value is -2.11. The van der Waals surface area contributed by atoms with E-state index in [4.69, 9.17) is 9.84 Å². The second-order valence-corrected chi connectivity index (χ2v) is 4.87. The van der Waals surface area contributed by atoms with Crippen molar-refractivity contribution in [3.05, 3.63) is 29.8 Å². The zero-order chi connectivity index (χ0) is 15.3. The molecule has 2 N–H and O–H groups in total. The summed E-state index contributed by atoms with van der Waals surface area (Å²) >= 11 is 0. The topological polar surface area (TPSA) is 75.6 Å². The smallest absolute Gasteiger partial charge is 0.328 e. The first kappa shape index (κ1) is 15.9. The van der Waals surface area contributed by atoms with E-state index < -0.39 is 30.0 Å². The second-order valence-electron chi connectivity index (χ2n) is 4.87. The van der Waals surface area contributed by atoms with Gasteiger partial charge in [0.25, 0.3) is 0 Å². The lowest BCUT2D eigenvalue weighted by molar-refractivity contribution is -0.143. The van der Waals surface area contributed by atoms with E-state index in [0.717, 1.165) is 0 Å². The first-order valence-electron chi connectivity index (χ1n) is 6.07. The van der Waals surface area contributed by atoms with Crippen molar-refractivity contribution >= 4 is 11.9 Å². The zero-order valence-electron chi connectivity index (χ0n) is 11.6. The summed E-state index contributed by atoms with van der Waals surface area (Å²) in [5, 5.41) is 10.9. The Kier molecular flexibility index (Phi) is 5.07. The third kappa shape index (κ3) is 3.46. The van der Waals surface area contributed by atoms with Crippen LogP contribution < -0.4 is 10.1 Å². The molecule has 20 heavy (non-hydrogen) atoms. The Bertz CT molecular complexity index is 484. The van der Waals surface area contributed by atoms with Gasteiger partial charge in [-0.2, -0.15) is 0 Å². The fraction of sp³-hybridized carbons (Fsp3) is 0.429. The Morgan fingerprint density at radius 1 is 1.35 bits per heavy atom. The van der Waals surface area contributed by atoms with Gasteiger partial charge < -0.3 is 15.2 Å². The summed E-state index contributed by atoms with van der Waals surface area (Å²) in [6.45, 7) is 2.13. The number of aliphatic carboxylic acids is 1. The van der Waals surface area contributed by atoms with Gasteiger partial charge in [-0.15, -0.1) is 0 Å². The lowest BCUT2D eigenvalue weighted by Gasteiger charge is -2.25. The van der Waals surface area contributed by atoms with Crippen molar-refractivity contribution in [2.75, 3.05) is 13.8 Å². The largest absolute Gasteiger partial charge is 0.497 e. The number of hydrogen-bond donors (Lipinski definition) is 2. The summed E-state index contributed by atoms with van der Waals surface area (Å²) in [6.07, 6.45) is 0. The molecule has 5 nitrogen and oxygen atoms in total. The molecule has 1 unspecified atom stereocenters. The molecule has 1 aromatic rings. The van der Waals surface area contributed by atoms with Crippen LogP contribution in [0.25, 0.3) is 0 Å². The predicted molar refractivity (Wildman–Crippen MR) is 71.6 cm³/mol. The molecule has 0 saturated carbocycles. The molecule has 6 heteroatoms. The molecule has 110 valence electrons. The van der Waals surface area contributed by atoms with Gasteiger partial charge in [0.15, 0.2) is 6.04 Å². The van der Waals surface area contributed by atoms with E-state index in [1.807, 2.05) is 0 Å². The zero-order valence-corrected chi connectivity index (χ0v) is 11.6. The first-order chi connectivity index (χ1) is 9.32. The number of rotatable bonds is 6. The Balaban J connectivity index is 2.90. The third-order valence-corrected chi connectivity index (χ3v) is 3.14. The Labute approximate surface area is 116 Å². The number of methoxy groups -OCH3 is 1. The van der Waals surface area contributed by atoms with Crippen LogP contribution in [0.4, 0.5) is 4.39 Å². The van der Waals surface area contributed by atoms with Crippen molar-refractivity contribution in [2.45, 2.75) is 25.3 Å². The number of benzene rings is 1. The molecular weight excluding hydrogens is 265 g/mol. The maximum atomic E-state index is 12.5. The van der Waals surface area contributed by atoms with Gasteiger partial charge in [0.1, 0.15) is 12.4 Å². The maximum absolute atomic E-state index is 12.5. The number of carboxylic acid groups (broad SMARTS) is 1. The second kappa shape index (κ2) is 6.36. The molecule has 0 radical (unpaired) electrons. The van der Waals surface area contributed by atoms with Crippen LogP contribution in [-0.4, -0.2) is 36.8 Å². The number of nitrogens with one attached hydrogen (secondary N) is 1. The molecule has 1 amide bonds. The average molecular weight is 283 g/mol. The average Bonchev–Trinajstić information content (AvgIpc) is 2.43. The SMILES string of the molecule is COc1ccc(C(C)(C)C(=O)NC(CF)C(=O)O)cc1. The molecule has 0 aromatic heterocycles. The highest BCUT2D eigenvalue weighted by atomic mass is 19.1. The number of alkyl halides is 1. The van der Waals surface area contributed by atoms with Crippen molar-refractivity contribution in [1.29, 1.82) is 0 Å². The van der Waals surface area contributed by atoms with Crippen LogP contribution in [0.3, 0.4) is 0 Å². The molecule has 0 fully saturated rings. The minimum Gasteiger partial charge on any atom is -0.497 e. The standard InChI is InChI=1S/C14H18FNO4/c1-14(2,9-4-6-10(20-3)7-5-9)13(19)16-11(8-15)12(17)18/h4-7,11H,8H2,1-3H3,(H,16,19)(H,17,18). The van der Waals surface area contributed by atoms with E-state index in [1.165, 1.54) is 7.11 Å². The van der Waals surface area contributed by atoms with Crippen LogP contribution in [0.1, 0.15) is 19.4 Å². The van der Waals surface area contributed by atoms with Gasteiger partial charge in [-0.1, -0.05) is 12.1 Å². The minimum atomic E-state index is -1.53. The first-order valence-corrected chi connectivity index (χ1v) is 6.07. The summed E-state index contributed by atoms with van der Waals surface area (Å²) in [5.74, 6) is -1.30. The lowest BCUT2D eigenvalue weighted by Crippen LogP contribution is -2.49. The molecule has 0 aliphatic rings. The summed E-state index contributed by atoms with van der Waals surface area (Å²) in [5.41, 5.74) is -0.298. The van der Waals surface area contributed by atoms with E-state index in [-0.39, 0.29) is 0 Å². The van der Waals surface area contributed by atoms with Gasteiger partial charge in [0.05, 0.1) is 12.5 Å². The van der Waals surface area contributed by atoms with E-state index in [0.29, 0.717) is 11.3 Å². The number of amides is 1. The molecule has 0 heterocycles. The van der Waals surface area contributed by atoms with E-state index in [2.05, 4.69) is 5.32 Å². The van der Waals surface area contributed by atoms with Crippen LogP contribution in [0.15, 0.2) is 24.3 Å². The molecular formula is C14H18FNO4.